The molecule has 0 radical (unpaired) electrons. The van der Waals surface area contributed by atoms with E-state index in [1.165, 1.54) is 0 Å². The van der Waals surface area contributed by atoms with Crippen LogP contribution in [0.25, 0.3) is 0 Å². The number of aliphatic carboxylic acids is 1. The van der Waals surface area contributed by atoms with Crippen molar-refractivity contribution in [2.24, 2.45) is 0 Å². The van der Waals surface area contributed by atoms with Gasteiger partial charge in [-0.15, -0.1) is 0 Å². The Hall–Kier alpha value is -1.78. The fourth-order valence-electron chi connectivity index (χ4n) is 1.07. The first-order valence-electron chi connectivity index (χ1n) is 4.19. The lowest BCUT2D eigenvalue weighted by atomic mass is 10.1. The number of benzene rings is 1. The van der Waals surface area contributed by atoms with Gasteiger partial charge < -0.3 is 9.90 Å². The maximum absolute atomic E-state index is 13.0. The number of carbonyl (C=O) groups excluding carboxylic acids is 2. The van der Waals surface area contributed by atoms with Crippen LogP contribution in [0, 0.1) is 11.6 Å². The van der Waals surface area contributed by atoms with Crippen molar-refractivity contribution in [1.82, 2.24) is 0 Å². The van der Waals surface area contributed by atoms with Crippen LogP contribution < -0.4 is 5.11 Å². The molecule has 1 aromatic rings. The highest BCUT2D eigenvalue weighted by molar-refractivity contribution is 5.97. The number of Topliss-reactive ketones (excluding diaryl/α,β-unsaturated/α-hetero) is 1. The molecule has 0 heterocycles. The summed E-state index contributed by atoms with van der Waals surface area (Å²) in [5.74, 6) is -3.84. The van der Waals surface area contributed by atoms with E-state index in [2.05, 4.69) is 0 Å². The normalized spacial score (nSPS) is 10.0. The SMILES string of the molecule is O=C([O-])CCC(=O)c1ccc(F)cc1F. The molecule has 0 saturated heterocycles. The Morgan fingerprint density at radius 2 is 1.87 bits per heavy atom. The molecule has 0 atom stereocenters. The molecular formula is C10H7F2O3-. The Bertz CT molecular complexity index is 402. The van der Waals surface area contributed by atoms with Crippen molar-refractivity contribution in [2.45, 2.75) is 12.8 Å². The van der Waals surface area contributed by atoms with Crippen molar-refractivity contribution >= 4 is 11.8 Å². The molecule has 0 aliphatic rings. The first-order valence-corrected chi connectivity index (χ1v) is 4.19. The number of carboxylic acid groups (broad SMARTS) is 1. The quantitative estimate of drug-likeness (QED) is 0.691. The van der Waals surface area contributed by atoms with Gasteiger partial charge in [0.1, 0.15) is 11.6 Å². The number of hydrogen-bond acceptors (Lipinski definition) is 3. The van der Waals surface area contributed by atoms with E-state index < -0.39 is 29.8 Å². The Morgan fingerprint density at radius 1 is 1.20 bits per heavy atom. The lowest BCUT2D eigenvalue weighted by Gasteiger charge is -2.03. The summed E-state index contributed by atoms with van der Waals surface area (Å²) in [4.78, 5) is 21.3. The highest BCUT2D eigenvalue weighted by Crippen LogP contribution is 2.12. The van der Waals surface area contributed by atoms with Gasteiger partial charge in [-0.2, -0.15) is 0 Å². The molecule has 0 fully saturated rings. The molecule has 0 saturated carbocycles. The molecule has 1 rings (SSSR count). The maximum atomic E-state index is 13.0. The van der Waals surface area contributed by atoms with Crippen LogP contribution in [0.1, 0.15) is 23.2 Å². The fraction of sp³-hybridized carbons (Fsp3) is 0.200. The van der Waals surface area contributed by atoms with E-state index in [1.807, 2.05) is 0 Å². The molecule has 0 aliphatic heterocycles. The molecule has 1 aromatic carbocycles. The Kier molecular flexibility index (Phi) is 3.49. The van der Waals surface area contributed by atoms with Gasteiger partial charge in [-0.1, -0.05) is 0 Å². The summed E-state index contributed by atoms with van der Waals surface area (Å²) in [5.41, 5.74) is -0.308. The second-order valence-electron chi connectivity index (χ2n) is 2.92. The number of rotatable bonds is 4. The average molecular weight is 213 g/mol. The Balaban J connectivity index is 2.78. The minimum absolute atomic E-state index is 0.308. The van der Waals surface area contributed by atoms with Gasteiger partial charge >= 0.3 is 0 Å². The number of hydrogen-bond donors (Lipinski definition) is 0. The minimum atomic E-state index is -1.38. The van der Waals surface area contributed by atoms with Crippen molar-refractivity contribution in [3.05, 3.63) is 35.4 Å². The summed E-state index contributed by atoms with van der Waals surface area (Å²) < 4.78 is 25.5. The first kappa shape index (κ1) is 11.3. The third-order valence-corrected chi connectivity index (χ3v) is 1.79. The molecule has 0 spiro atoms. The van der Waals surface area contributed by atoms with Crippen molar-refractivity contribution < 1.29 is 23.5 Å². The van der Waals surface area contributed by atoms with Crippen LogP contribution in [0.5, 0.6) is 0 Å². The largest absolute Gasteiger partial charge is 0.550 e. The lowest BCUT2D eigenvalue weighted by Crippen LogP contribution is -2.22. The van der Waals surface area contributed by atoms with Gasteiger partial charge in [-0.25, -0.2) is 8.78 Å². The first-order chi connectivity index (χ1) is 7.00. The van der Waals surface area contributed by atoms with Gasteiger partial charge in [0.05, 0.1) is 5.56 Å². The molecule has 80 valence electrons. The third kappa shape index (κ3) is 3.12. The Morgan fingerprint density at radius 3 is 2.40 bits per heavy atom. The van der Waals surface area contributed by atoms with Crippen LogP contribution in [-0.2, 0) is 4.79 Å². The van der Waals surface area contributed by atoms with E-state index in [4.69, 9.17) is 0 Å². The number of ketones is 1. The molecule has 0 unspecified atom stereocenters. The fourth-order valence-corrected chi connectivity index (χ4v) is 1.07. The monoisotopic (exact) mass is 213 g/mol. The molecule has 0 N–H and O–H groups in total. The van der Waals surface area contributed by atoms with E-state index in [0.29, 0.717) is 6.07 Å². The predicted octanol–water partition coefficient (Wildman–Crippen LogP) is 0.678. The van der Waals surface area contributed by atoms with Crippen molar-refractivity contribution in [1.29, 1.82) is 0 Å². The van der Waals surface area contributed by atoms with E-state index in [-0.39, 0.29) is 12.0 Å². The summed E-state index contributed by atoms with van der Waals surface area (Å²) in [6.45, 7) is 0. The van der Waals surface area contributed by atoms with E-state index >= 15 is 0 Å². The van der Waals surface area contributed by atoms with Crippen LogP contribution in [0.3, 0.4) is 0 Å². The van der Waals surface area contributed by atoms with Gasteiger partial charge in [0.15, 0.2) is 5.78 Å². The zero-order chi connectivity index (χ0) is 11.4. The number of carbonyl (C=O) groups is 2. The number of carboxylic acids is 1. The zero-order valence-corrected chi connectivity index (χ0v) is 7.63. The van der Waals surface area contributed by atoms with Crippen LogP contribution >= 0.6 is 0 Å². The standard InChI is InChI=1S/C10H8F2O3/c11-6-1-2-7(8(12)5-6)9(13)3-4-10(14)15/h1-2,5H,3-4H2,(H,14,15)/p-1. The van der Waals surface area contributed by atoms with Gasteiger partial charge in [0.2, 0.25) is 0 Å². The highest BCUT2D eigenvalue weighted by Gasteiger charge is 2.11. The van der Waals surface area contributed by atoms with Crippen LogP contribution in [0.15, 0.2) is 18.2 Å². The third-order valence-electron chi connectivity index (χ3n) is 1.79. The van der Waals surface area contributed by atoms with Crippen molar-refractivity contribution in [2.75, 3.05) is 0 Å². The van der Waals surface area contributed by atoms with E-state index in [1.54, 1.807) is 0 Å². The van der Waals surface area contributed by atoms with Crippen LogP contribution in [0.4, 0.5) is 8.78 Å². The van der Waals surface area contributed by atoms with Crippen LogP contribution in [-0.4, -0.2) is 11.8 Å². The summed E-state index contributed by atoms with van der Waals surface area (Å²) in [6.07, 6.45) is -0.833. The van der Waals surface area contributed by atoms with Gasteiger partial charge in [-0.05, 0) is 18.6 Å². The highest BCUT2D eigenvalue weighted by atomic mass is 19.1. The molecule has 0 aromatic heterocycles. The smallest absolute Gasteiger partial charge is 0.166 e. The predicted molar refractivity (Wildman–Crippen MR) is 44.9 cm³/mol. The second-order valence-corrected chi connectivity index (χ2v) is 2.92. The average Bonchev–Trinajstić information content (AvgIpc) is 2.14. The number of halogens is 2. The summed E-state index contributed by atoms with van der Waals surface area (Å²) >= 11 is 0. The minimum Gasteiger partial charge on any atom is -0.550 e. The van der Waals surface area contributed by atoms with Crippen LogP contribution in [0.2, 0.25) is 0 Å². The van der Waals surface area contributed by atoms with Gasteiger partial charge in [0, 0.05) is 18.5 Å². The zero-order valence-electron chi connectivity index (χ0n) is 7.63. The second kappa shape index (κ2) is 4.63. The molecule has 15 heavy (non-hydrogen) atoms. The summed E-state index contributed by atoms with van der Waals surface area (Å²) in [6, 6.07) is 2.50. The molecule has 3 nitrogen and oxygen atoms in total. The summed E-state index contributed by atoms with van der Waals surface area (Å²) in [5, 5.41) is 10.1. The maximum Gasteiger partial charge on any atom is 0.166 e. The topological polar surface area (TPSA) is 57.2 Å². The molecular weight excluding hydrogens is 206 g/mol. The Labute approximate surface area is 84.3 Å². The van der Waals surface area contributed by atoms with Crippen molar-refractivity contribution in [3.8, 4) is 0 Å². The molecule has 0 bridgehead atoms. The van der Waals surface area contributed by atoms with Gasteiger partial charge in [0.25, 0.3) is 0 Å². The van der Waals surface area contributed by atoms with E-state index in [9.17, 15) is 23.5 Å². The lowest BCUT2D eigenvalue weighted by molar-refractivity contribution is -0.305. The molecule has 5 heteroatoms. The van der Waals surface area contributed by atoms with E-state index in [0.717, 1.165) is 12.1 Å². The van der Waals surface area contributed by atoms with Gasteiger partial charge in [-0.3, -0.25) is 4.79 Å². The molecule has 0 aliphatic carbocycles. The summed E-state index contributed by atoms with van der Waals surface area (Å²) in [7, 11) is 0. The van der Waals surface area contributed by atoms with Crippen molar-refractivity contribution in [3.63, 3.8) is 0 Å². The molecule has 0 amide bonds.